The lowest BCUT2D eigenvalue weighted by molar-refractivity contribution is -0.133. The molecule has 22 heavy (non-hydrogen) atoms. The fourth-order valence-corrected chi connectivity index (χ4v) is 7.17. The van der Waals surface area contributed by atoms with Crippen molar-refractivity contribution < 1.29 is 9.59 Å². The number of fused-ring (bicyclic) bond motifs is 8. The zero-order valence-corrected chi connectivity index (χ0v) is 13.7. The van der Waals surface area contributed by atoms with Crippen LogP contribution in [-0.2, 0) is 9.59 Å². The van der Waals surface area contributed by atoms with Gasteiger partial charge >= 0.3 is 0 Å². The maximum atomic E-state index is 12.5. The van der Waals surface area contributed by atoms with Gasteiger partial charge in [0.25, 0.3) is 0 Å². The summed E-state index contributed by atoms with van der Waals surface area (Å²) in [5, 5.41) is 0. The van der Waals surface area contributed by atoms with Crippen LogP contribution in [0.1, 0.15) is 58.8 Å². The molecule has 5 rings (SSSR count). The van der Waals surface area contributed by atoms with Crippen LogP contribution < -0.4 is 0 Å². The topological polar surface area (TPSA) is 34.1 Å². The molecule has 5 aliphatic rings. The SMILES string of the molecule is C[C@]12CCC(=O)C=C1[C@@H]1C[C@@H]1[C@@H]1[C@@H]2CC[C@]2(C)C(=O)CC[C@@H]12. The molecular weight excluding hydrogens is 272 g/mol. The van der Waals surface area contributed by atoms with E-state index in [-0.39, 0.29) is 10.8 Å². The smallest absolute Gasteiger partial charge is 0.155 e. The van der Waals surface area contributed by atoms with Crippen LogP contribution in [0.5, 0.6) is 0 Å². The van der Waals surface area contributed by atoms with Gasteiger partial charge in [0.15, 0.2) is 5.78 Å². The first-order valence-corrected chi connectivity index (χ1v) is 9.23. The zero-order chi connectivity index (χ0) is 15.3. The molecule has 2 heteroatoms. The van der Waals surface area contributed by atoms with Crippen LogP contribution in [0.3, 0.4) is 0 Å². The van der Waals surface area contributed by atoms with Gasteiger partial charge in [-0.15, -0.1) is 0 Å². The molecule has 0 spiro atoms. The van der Waals surface area contributed by atoms with Crippen LogP contribution in [0.4, 0.5) is 0 Å². The van der Waals surface area contributed by atoms with Gasteiger partial charge in [-0.1, -0.05) is 19.4 Å². The van der Waals surface area contributed by atoms with Gasteiger partial charge in [-0.05, 0) is 73.2 Å². The fraction of sp³-hybridized carbons (Fsp3) is 0.800. The highest BCUT2D eigenvalue weighted by atomic mass is 16.1. The molecule has 0 aromatic rings. The number of Topliss-reactive ketones (excluding diaryl/α,β-unsaturated/α-hetero) is 1. The standard InChI is InChI=1S/C20H26O2/c1-19-7-5-11(21)9-16(19)12-10-13(12)18-14-3-4-17(22)20(14,2)8-6-15(18)19/h9,12-15,18H,3-8,10H2,1-2H3/t12-,13+,14+,15+,18+,19-,20+/m1/s1. The van der Waals surface area contributed by atoms with Gasteiger partial charge in [0.05, 0.1) is 0 Å². The third-order valence-electron chi connectivity index (χ3n) is 8.46. The maximum Gasteiger partial charge on any atom is 0.155 e. The number of carbonyl (C=O) groups excluding carboxylic acids is 2. The predicted molar refractivity (Wildman–Crippen MR) is 84.1 cm³/mol. The first-order chi connectivity index (χ1) is 10.4. The Morgan fingerprint density at radius 1 is 1.00 bits per heavy atom. The van der Waals surface area contributed by atoms with E-state index in [2.05, 4.69) is 13.8 Å². The largest absolute Gasteiger partial charge is 0.299 e. The number of hydrogen-bond donors (Lipinski definition) is 0. The van der Waals surface area contributed by atoms with Crippen LogP contribution in [0.25, 0.3) is 0 Å². The van der Waals surface area contributed by atoms with Gasteiger partial charge in [-0.3, -0.25) is 9.59 Å². The van der Waals surface area contributed by atoms with E-state index in [1.165, 1.54) is 18.4 Å². The minimum atomic E-state index is -0.0175. The van der Waals surface area contributed by atoms with Crippen molar-refractivity contribution in [1.82, 2.24) is 0 Å². The Morgan fingerprint density at radius 3 is 2.59 bits per heavy atom. The molecule has 0 radical (unpaired) electrons. The minimum Gasteiger partial charge on any atom is -0.299 e. The molecule has 4 fully saturated rings. The first-order valence-electron chi connectivity index (χ1n) is 9.23. The maximum absolute atomic E-state index is 12.5. The summed E-state index contributed by atoms with van der Waals surface area (Å²) in [6, 6.07) is 0. The van der Waals surface area contributed by atoms with Crippen molar-refractivity contribution in [2.75, 3.05) is 0 Å². The Bertz CT molecular complexity index is 617. The monoisotopic (exact) mass is 298 g/mol. The van der Waals surface area contributed by atoms with E-state index in [4.69, 9.17) is 0 Å². The Morgan fingerprint density at radius 2 is 1.77 bits per heavy atom. The summed E-state index contributed by atoms with van der Waals surface area (Å²) in [6.45, 7) is 4.70. The fourth-order valence-electron chi connectivity index (χ4n) is 7.17. The molecule has 2 nitrogen and oxygen atoms in total. The molecule has 0 aromatic heterocycles. The molecule has 0 saturated heterocycles. The van der Waals surface area contributed by atoms with E-state index < -0.39 is 0 Å². The number of hydrogen-bond acceptors (Lipinski definition) is 2. The van der Waals surface area contributed by atoms with E-state index in [0.29, 0.717) is 23.4 Å². The lowest BCUT2D eigenvalue weighted by Gasteiger charge is -2.56. The van der Waals surface area contributed by atoms with Crippen molar-refractivity contribution in [2.24, 2.45) is 40.4 Å². The van der Waals surface area contributed by atoms with Gasteiger partial charge in [-0.25, -0.2) is 0 Å². The highest BCUT2D eigenvalue weighted by Gasteiger charge is 2.67. The molecule has 0 aliphatic heterocycles. The number of rotatable bonds is 0. The average molecular weight is 298 g/mol. The Labute approximate surface area is 132 Å². The third kappa shape index (κ3) is 1.43. The lowest BCUT2D eigenvalue weighted by atomic mass is 9.47. The Balaban J connectivity index is 1.59. The zero-order valence-electron chi connectivity index (χ0n) is 13.7. The van der Waals surface area contributed by atoms with Crippen LogP contribution in [0, 0.1) is 40.4 Å². The quantitative estimate of drug-likeness (QED) is 0.678. The number of allylic oxidation sites excluding steroid dienone is 1. The third-order valence-corrected chi connectivity index (χ3v) is 8.46. The lowest BCUT2D eigenvalue weighted by Crippen LogP contribution is -2.51. The molecule has 118 valence electrons. The Kier molecular flexibility index (Phi) is 2.42. The molecule has 0 amide bonds. The van der Waals surface area contributed by atoms with Crippen LogP contribution in [0.15, 0.2) is 11.6 Å². The minimum absolute atomic E-state index is 0.0175. The van der Waals surface area contributed by atoms with E-state index in [1.54, 1.807) is 0 Å². The van der Waals surface area contributed by atoms with Crippen LogP contribution in [0.2, 0.25) is 0 Å². The highest BCUT2D eigenvalue weighted by molar-refractivity contribution is 5.92. The highest BCUT2D eigenvalue weighted by Crippen LogP contribution is 2.73. The summed E-state index contributed by atoms with van der Waals surface area (Å²) in [5.74, 6) is 4.46. The molecule has 5 aliphatic carbocycles. The van der Waals surface area contributed by atoms with E-state index >= 15 is 0 Å². The van der Waals surface area contributed by atoms with Crippen molar-refractivity contribution in [1.29, 1.82) is 0 Å². The van der Waals surface area contributed by atoms with Gasteiger partial charge < -0.3 is 0 Å². The molecule has 0 N–H and O–H groups in total. The Hall–Kier alpha value is -0.920. The van der Waals surface area contributed by atoms with Crippen molar-refractivity contribution in [3.05, 3.63) is 11.6 Å². The van der Waals surface area contributed by atoms with Crippen LogP contribution >= 0.6 is 0 Å². The van der Waals surface area contributed by atoms with E-state index in [1.807, 2.05) is 6.08 Å². The molecule has 0 bridgehead atoms. The average Bonchev–Trinajstić information content (AvgIpc) is 3.22. The molecule has 4 saturated carbocycles. The molecule has 0 aromatic carbocycles. The first kappa shape index (κ1) is 13.5. The van der Waals surface area contributed by atoms with Gasteiger partial charge in [0.1, 0.15) is 5.78 Å². The second-order valence-electron chi connectivity index (χ2n) is 9.20. The summed E-state index contributed by atoms with van der Waals surface area (Å²) in [6.07, 6.45) is 9.35. The van der Waals surface area contributed by atoms with Crippen molar-refractivity contribution in [2.45, 2.75) is 58.8 Å². The summed E-state index contributed by atoms with van der Waals surface area (Å²) in [4.78, 5) is 24.4. The van der Waals surface area contributed by atoms with Crippen LogP contribution in [-0.4, -0.2) is 11.6 Å². The van der Waals surface area contributed by atoms with Gasteiger partial charge in [0.2, 0.25) is 0 Å². The predicted octanol–water partition coefficient (Wildman–Crippen LogP) is 3.94. The summed E-state index contributed by atoms with van der Waals surface area (Å²) in [7, 11) is 0. The number of carbonyl (C=O) groups is 2. The second-order valence-corrected chi connectivity index (χ2v) is 9.20. The van der Waals surface area contributed by atoms with Gasteiger partial charge in [-0.2, -0.15) is 0 Å². The van der Waals surface area contributed by atoms with Crippen molar-refractivity contribution in [3.8, 4) is 0 Å². The summed E-state index contributed by atoms with van der Waals surface area (Å²) < 4.78 is 0. The molecule has 0 unspecified atom stereocenters. The van der Waals surface area contributed by atoms with Crippen molar-refractivity contribution >= 4 is 11.6 Å². The molecular formula is C20H26O2. The molecule has 0 heterocycles. The summed E-state index contributed by atoms with van der Waals surface area (Å²) in [5.41, 5.74) is 1.74. The van der Waals surface area contributed by atoms with Gasteiger partial charge in [0, 0.05) is 18.3 Å². The van der Waals surface area contributed by atoms with Crippen molar-refractivity contribution in [3.63, 3.8) is 0 Å². The second kappa shape index (κ2) is 3.94. The van der Waals surface area contributed by atoms with E-state index in [9.17, 15) is 9.59 Å². The number of ketones is 2. The van der Waals surface area contributed by atoms with E-state index in [0.717, 1.165) is 49.9 Å². The summed E-state index contributed by atoms with van der Waals surface area (Å²) >= 11 is 0. The molecule has 7 atom stereocenters. The normalized spacial score (nSPS) is 55.7.